The minimum Gasteiger partial charge on any atom is -0.466 e. The molecule has 0 atom stereocenters. The predicted octanol–water partition coefficient (Wildman–Crippen LogP) is 0.856. The van der Waals surface area contributed by atoms with Crippen LogP contribution >= 0.6 is 0 Å². The van der Waals surface area contributed by atoms with Gasteiger partial charge in [-0.05, 0) is 33.8 Å². The van der Waals surface area contributed by atoms with E-state index in [1.807, 2.05) is 0 Å². The molecule has 2 N–H and O–H groups in total. The molecule has 2 amide bonds. The Labute approximate surface area is 118 Å². The zero-order valence-corrected chi connectivity index (χ0v) is 12.6. The van der Waals surface area contributed by atoms with E-state index < -0.39 is 5.60 Å². The zero-order valence-electron chi connectivity index (χ0n) is 12.6. The quantitative estimate of drug-likeness (QED) is 0.839. The van der Waals surface area contributed by atoms with Gasteiger partial charge in [-0.25, -0.2) is 0 Å². The molecule has 0 spiro atoms. The molecule has 0 aromatic carbocycles. The van der Waals surface area contributed by atoms with Crippen molar-refractivity contribution in [3.8, 4) is 0 Å². The summed E-state index contributed by atoms with van der Waals surface area (Å²) in [5, 5.41) is 12.2. The summed E-state index contributed by atoms with van der Waals surface area (Å²) in [6, 6.07) is 1.63. The van der Waals surface area contributed by atoms with Crippen molar-refractivity contribution in [2.75, 3.05) is 20.1 Å². The van der Waals surface area contributed by atoms with Gasteiger partial charge in [-0.1, -0.05) is 0 Å². The van der Waals surface area contributed by atoms with Crippen molar-refractivity contribution in [2.24, 2.45) is 0 Å². The van der Waals surface area contributed by atoms with Crippen molar-refractivity contribution >= 4 is 11.8 Å². The summed E-state index contributed by atoms with van der Waals surface area (Å²) < 4.78 is 5.27. The lowest BCUT2D eigenvalue weighted by molar-refractivity contribution is -0.131. The molecule has 1 aromatic heterocycles. The van der Waals surface area contributed by atoms with E-state index in [0.29, 0.717) is 17.1 Å². The van der Waals surface area contributed by atoms with Crippen molar-refractivity contribution in [2.45, 2.75) is 33.3 Å². The number of nitrogens with zero attached hydrogens (tertiary/aromatic N) is 1. The fraction of sp³-hybridized carbons (Fsp3) is 0.571. The third-order valence-corrected chi connectivity index (χ3v) is 2.74. The van der Waals surface area contributed by atoms with Gasteiger partial charge in [0.25, 0.3) is 5.91 Å². The Morgan fingerprint density at radius 1 is 1.40 bits per heavy atom. The van der Waals surface area contributed by atoms with Crippen molar-refractivity contribution in [3.05, 3.63) is 23.2 Å². The number of furan rings is 1. The Bertz CT molecular complexity index is 500. The Hall–Kier alpha value is -1.82. The van der Waals surface area contributed by atoms with Crippen LogP contribution < -0.4 is 5.32 Å². The van der Waals surface area contributed by atoms with Crippen LogP contribution in [0.3, 0.4) is 0 Å². The van der Waals surface area contributed by atoms with E-state index in [1.165, 1.54) is 4.90 Å². The van der Waals surface area contributed by atoms with E-state index in [4.69, 9.17) is 4.42 Å². The SMILES string of the molecule is Cc1cc(C(=O)NCC(=O)N(C)CC(C)(C)O)c(C)o1. The molecule has 0 aliphatic rings. The maximum absolute atomic E-state index is 11.9. The lowest BCUT2D eigenvalue weighted by Crippen LogP contribution is -2.44. The zero-order chi connectivity index (χ0) is 15.5. The van der Waals surface area contributed by atoms with Crippen molar-refractivity contribution < 1.29 is 19.1 Å². The first-order valence-electron chi connectivity index (χ1n) is 6.42. The third-order valence-electron chi connectivity index (χ3n) is 2.74. The third kappa shape index (κ3) is 4.70. The second-order valence-electron chi connectivity index (χ2n) is 5.57. The number of aliphatic hydroxyl groups is 1. The summed E-state index contributed by atoms with van der Waals surface area (Å²) in [5.74, 6) is 0.568. The van der Waals surface area contributed by atoms with Gasteiger partial charge in [0.15, 0.2) is 0 Å². The Morgan fingerprint density at radius 3 is 2.45 bits per heavy atom. The average Bonchev–Trinajstić information content (AvgIpc) is 2.62. The van der Waals surface area contributed by atoms with Crippen LogP contribution in [0.15, 0.2) is 10.5 Å². The maximum Gasteiger partial charge on any atom is 0.255 e. The molecular formula is C14H22N2O4. The molecule has 0 bridgehead atoms. The van der Waals surface area contributed by atoms with Gasteiger partial charge >= 0.3 is 0 Å². The number of likely N-dealkylation sites (N-methyl/N-ethyl adjacent to an activating group) is 1. The molecule has 0 saturated heterocycles. The number of hydrogen-bond acceptors (Lipinski definition) is 4. The number of carbonyl (C=O) groups is 2. The molecule has 20 heavy (non-hydrogen) atoms. The minimum absolute atomic E-state index is 0.116. The largest absolute Gasteiger partial charge is 0.466 e. The van der Waals surface area contributed by atoms with Gasteiger partial charge in [-0.2, -0.15) is 0 Å². The van der Waals surface area contributed by atoms with Gasteiger partial charge in [0.1, 0.15) is 11.5 Å². The Morgan fingerprint density at radius 2 is 2.00 bits per heavy atom. The number of rotatable bonds is 5. The topological polar surface area (TPSA) is 82.8 Å². The molecule has 112 valence electrons. The molecule has 0 saturated carbocycles. The number of hydrogen-bond donors (Lipinski definition) is 2. The first-order valence-corrected chi connectivity index (χ1v) is 6.42. The van der Waals surface area contributed by atoms with E-state index in [1.54, 1.807) is 40.8 Å². The van der Waals surface area contributed by atoms with Gasteiger partial charge in [0.2, 0.25) is 5.91 Å². The lowest BCUT2D eigenvalue weighted by atomic mass is 10.1. The van der Waals surface area contributed by atoms with Crippen LogP contribution in [-0.4, -0.2) is 47.6 Å². The Balaban J connectivity index is 2.53. The maximum atomic E-state index is 11.9. The monoisotopic (exact) mass is 282 g/mol. The van der Waals surface area contributed by atoms with Crippen LogP contribution in [0, 0.1) is 13.8 Å². The molecule has 0 aliphatic heterocycles. The first kappa shape index (κ1) is 16.2. The minimum atomic E-state index is -0.966. The fourth-order valence-electron chi connectivity index (χ4n) is 1.91. The van der Waals surface area contributed by atoms with Crippen LogP contribution in [0.1, 0.15) is 35.7 Å². The van der Waals surface area contributed by atoms with E-state index >= 15 is 0 Å². The highest BCUT2D eigenvalue weighted by atomic mass is 16.3. The van der Waals surface area contributed by atoms with Crippen molar-refractivity contribution in [1.29, 1.82) is 0 Å². The number of carbonyl (C=O) groups excluding carboxylic acids is 2. The van der Waals surface area contributed by atoms with Crippen LogP contribution in [-0.2, 0) is 4.79 Å². The highest BCUT2D eigenvalue weighted by Gasteiger charge is 2.20. The molecule has 1 aromatic rings. The van der Waals surface area contributed by atoms with Crippen LogP contribution in [0.5, 0.6) is 0 Å². The standard InChI is InChI=1S/C14H22N2O4/c1-9-6-11(10(2)20-9)13(18)15-7-12(17)16(5)8-14(3,4)19/h6,19H,7-8H2,1-5H3,(H,15,18). The summed E-state index contributed by atoms with van der Waals surface area (Å²) in [5.41, 5.74) is -0.535. The predicted molar refractivity (Wildman–Crippen MR) is 74.5 cm³/mol. The van der Waals surface area contributed by atoms with E-state index in [0.717, 1.165) is 0 Å². The van der Waals surface area contributed by atoms with Crippen molar-refractivity contribution in [1.82, 2.24) is 10.2 Å². The molecule has 0 unspecified atom stereocenters. The van der Waals surface area contributed by atoms with E-state index in [-0.39, 0.29) is 24.9 Å². The summed E-state index contributed by atoms with van der Waals surface area (Å²) >= 11 is 0. The second-order valence-corrected chi connectivity index (χ2v) is 5.57. The van der Waals surface area contributed by atoms with Crippen LogP contribution in [0.25, 0.3) is 0 Å². The summed E-state index contributed by atoms with van der Waals surface area (Å²) in [7, 11) is 1.58. The molecular weight excluding hydrogens is 260 g/mol. The number of amides is 2. The summed E-state index contributed by atoms with van der Waals surface area (Å²) in [6.45, 7) is 6.77. The molecule has 1 heterocycles. The molecule has 6 heteroatoms. The second kappa shape index (κ2) is 6.09. The Kier molecular flexibility index (Phi) is 4.94. The van der Waals surface area contributed by atoms with E-state index in [2.05, 4.69) is 5.32 Å². The smallest absolute Gasteiger partial charge is 0.255 e. The van der Waals surface area contributed by atoms with Gasteiger partial charge in [0.05, 0.1) is 17.7 Å². The molecule has 0 fully saturated rings. The summed E-state index contributed by atoms with van der Waals surface area (Å²) in [6.07, 6.45) is 0. The molecule has 0 aliphatic carbocycles. The first-order chi connectivity index (χ1) is 9.10. The van der Waals surface area contributed by atoms with Crippen LogP contribution in [0.4, 0.5) is 0 Å². The number of aryl methyl sites for hydroxylation is 2. The van der Waals surface area contributed by atoms with Gasteiger partial charge in [0, 0.05) is 13.6 Å². The fourth-order valence-corrected chi connectivity index (χ4v) is 1.91. The molecule has 6 nitrogen and oxygen atoms in total. The number of nitrogens with one attached hydrogen (secondary N) is 1. The summed E-state index contributed by atoms with van der Waals surface area (Å²) in [4.78, 5) is 25.1. The van der Waals surface area contributed by atoms with Gasteiger partial charge < -0.3 is 19.7 Å². The van der Waals surface area contributed by atoms with Crippen LogP contribution in [0.2, 0.25) is 0 Å². The van der Waals surface area contributed by atoms with E-state index in [9.17, 15) is 14.7 Å². The highest BCUT2D eigenvalue weighted by molar-refractivity contribution is 5.97. The molecule has 1 rings (SSSR count). The lowest BCUT2D eigenvalue weighted by Gasteiger charge is -2.25. The van der Waals surface area contributed by atoms with Crippen molar-refractivity contribution in [3.63, 3.8) is 0 Å². The highest BCUT2D eigenvalue weighted by Crippen LogP contribution is 2.13. The molecule has 0 radical (unpaired) electrons. The average molecular weight is 282 g/mol. The van der Waals surface area contributed by atoms with Gasteiger partial charge in [-0.3, -0.25) is 9.59 Å². The normalized spacial score (nSPS) is 11.3. The van der Waals surface area contributed by atoms with Gasteiger partial charge in [-0.15, -0.1) is 0 Å².